The highest BCUT2D eigenvalue weighted by Gasteiger charge is 2.31. The highest BCUT2D eigenvalue weighted by atomic mass is 32.2. The van der Waals surface area contributed by atoms with Gasteiger partial charge >= 0.3 is 5.97 Å². The van der Waals surface area contributed by atoms with Gasteiger partial charge in [0.05, 0.1) is 17.9 Å². The molecule has 3 rings (SSSR count). The van der Waals surface area contributed by atoms with E-state index in [0.29, 0.717) is 11.3 Å². The summed E-state index contributed by atoms with van der Waals surface area (Å²) in [5.74, 6) is -0.189. The standard InChI is InChI=1S/C24H30N2O6S/c1-18-5-4-6-21(16-18)31-14-9-24(28)32-17-23(27)25-10-12-26(13-11-25)33(29,30)22-8-7-19(2)15-20(22)3/h4-8,15-16H,9-14,17H2,1-3H3. The lowest BCUT2D eigenvalue weighted by atomic mass is 10.2. The fourth-order valence-electron chi connectivity index (χ4n) is 3.67. The quantitative estimate of drug-likeness (QED) is 0.546. The minimum absolute atomic E-state index is 0.0309. The normalized spacial score (nSPS) is 14.7. The van der Waals surface area contributed by atoms with Gasteiger partial charge in [-0.05, 0) is 50.1 Å². The number of sulfonamides is 1. The van der Waals surface area contributed by atoms with Gasteiger partial charge in [0.25, 0.3) is 5.91 Å². The van der Waals surface area contributed by atoms with E-state index in [0.717, 1.165) is 11.1 Å². The number of ether oxygens (including phenoxy) is 2. The summed E-state index contributed by atoms with van der Waals surface area (Å²) in [5.41, 5.74) is 2.76. The number of esters is 1. The molecule has 33 heavy (non-hydrogen) atoms. The molecule has 0 N–H and O–H groups in total. The van der Waals surface area contributed by atoms with E-state index in [1.807, 2.05) is 44.2 Å². The zero-order valence-electron chi connectivity index (χ0n) is 19.2. The molecule has 9 heteroatoms. The van der Waals surface area contributed by atoms with E-state index in [1.165, 1.54) is 9.21 Å². The lowest BCUT2D eigenvalue weighted by molar-refractivity contribution is -0.152. The summed E-state index contributed by atoms with van der Waals surface area (Å²) in [4.78, 5) is 26.1. The Morgan fingerprint density at radius 1 is 0.939 bits per heavy atom. The SMILES string of the molecule is Cc1cccc(OCCC(=O)OCC(=O)N2CCN(S(=O)(=O)c3ccc(C)cc3C)CC2)c1. The number of piperazine rings is 1. The number of hydrogen-bond donors (Lipinski definition) is 0. The van der Waals surface area contributed by atoms with Crippen molar-refractivity contribution in [1.82, 2.24) is 9.21 Å². The maximum absolute atomic E-state index is 13.0. The largest absolute Gasteiger partial charge is 0.493 e. The average Bonchev–Trinajstić information content (AvgIpc) is 2.77. The van der Waals surface area contributed by atoms with Crippen LogP contribution >= 0.6 is 0 Å². The Morgan fingerprint density at radius 2 is 1.64 bits per heavy atom. The summed E-state index contributed by atoms with van der Waals surface area (Å²) in [6.45, 7) is 6.31. The number of nitrogens with zero attached hydrogens (tertiary/aromatic N) is 2. The van der Waals surface area contributed by atoms with Crippen LogP contribution in [0.5, 0.6) is 5.75 Å². The molecular formula is C24H30N2O6S. The van der Waals surface area contributed by atoms with Gasteiger partial charge in [-0.15, -0.1) is 0 Å². The summed E-state index contributed by atoms with van der Waals surface area (Å²) in [7, 11) is -3.62. The van der Waals surface area contributed by atoms with Gasteiger partial charge in [0.15, 0.2) is 6.61 Å². The van der Waals surface area contributed by atoms with Crippen LogP contribution in [0, 0.1) is 20.8 Å². The first-order valence-electron chi connectivity index (χ1n) is 10.9. The predicted molar refractivity (Wildman–Crippen MR) is 124 cm³/mol. The van der Waals surface area contributed by atoms with Crippen molar-refractivity contribution in [3.05, 3.63) is 59.2 Å². The minimum atomic E-state index is -3.62. The number of amides is 1. The van der Waals surface area contributed by atoms with Crippen molar-refractivity contribution < 1.29 is 27.5 Å². The smallest absolute Gasteiger partial charge is 0.309 e. The van der Waals surface area contributed by atoms with Gasteiger partial charge in [-0.2, -0.15) is 4.31 Å². The minimum Gasteiger partial charge on any atom is -0.493 e. The van der Waals surface area contributed by atoms with Gasteiger partial charge in [-0.1, -0.05) is 29.8 Å². The van der Waals surface area contributed by atoms with E-state index in [1.54, 1.807) is 19.1 Å². The van der Waals surface area contributed by atoms with Crippen LogP contribution in [0.3, 0.4) is 0 Å². The molecule has 0 spiro atoms. The molecular weight excluding hydrogens is 444 g/mol. The van der Waals surface area contributed by atoms with Crippen LogP contribution in [0.1, 0.15) is 23.1 Å². The third-order valence-corrected chi connectivity index (χ3v) is 7.52. The molecule has 1 aliphatic heterocycles. The molecule has 2 aromatic rings. The van der Waals surface area contributed by atoms with Crippen LogP contribution in [-0.2, 0) is 24.3 Å². The monoisotopic (exact) mass is 474 g/mol. The van der Waals surface area contributed by atoms with E-state index in [-0.39, 0.29) is 56.6 Å². The van der Waals surface area contributed by atoms with Gasteiger partial charge in [0, 0.05) is 26.2 Å². The second kappa shape index (κ2) is 10.8. The van der Waals surface area contributed by atoms with Crippen LogP contribution in [0.2, 0.25) is 0 Å². The lowest BCUT2D eigenvalue weighted by Gasteiger charge is -2.34. The van der Waals surface area contributed by atoms with Crippen molar-refractivity contribution in [2.45, 2.75) is 32.1 Å². The van der Waals surface area contributed by atoms with Crippen molar-refractivity contribution in [1.29, 1.82) is 0 Å². The zero-order chi connectivity index (χ0) is 24.0. The van der Waals surface area contributed by atoms with Crippen molar-refractivity contribution in [3.63, 3.8) is 0 Å². The third kappa shape index (κ3) is 6.55. The van der Waals surface area contributed by atoms with Gasteiger partial charge in [-0.3, -0.25) is 9.59 Å². The highest BCUT2D eigenvalue weighted by Crippen LogP contribution is 2.22. The van der Waals surface area contributed by atoms with E-state index in [2.05, 4.69) is 0 Å². The van der Waals surface area contributed by atoms with Crippen LogP contribution in [0.25, 0.3) is 0 Å². The topological polar surface area (TPSA) is 93.2 Å². The summed E-state index contributed by atoms with van der Waals surface area (Å²) in [6, 6.07) is 12.7. The molecule has 0 saturated carbocycles. The number of carbonyl (C=O) groups is 2. The molecule has 1 heterocycles. The van der Waals surface area contributed by atoms with Gasteiger partial charge in [0.2, 0.25) is 10.0 Å². The van der Waals surface area contributed by atoms with Crippen molar-refractivity contribution in [2.75, 3.05) is 39.4 Å². The first-order valence-corrected chi connectivity index (χ1v) is 12.3. The number of aryl methyl sites for hydroxylation is 3. The zero-order valence-corrected chi connectivity index (χ0v) is 20.1. The maximum Gasteiger partial charge on any atom is 0.309 e. The molecule has 1 saturated heterocycles. The maximum atomic E-state index is 13.0. The second-order valence-corrected chi connectivity index (χ2v) is 10.0. The van der Waals surface area contributed by atoms with Crippen molar-refractivity contribution in [2.24, 2.45) is 0 Å². The average molecular weight is 475 g/mol. The van der Waals surface area contributed by atoms with Crippen LogP contribution < -0.4 is 4.74 Å². The lowest BCUT2D eigenvalue weighted by Crippen LogP contribution is -2.51. The summed E-state index contributed by atoms with van der Waals surface area (Å²) >= 11 is 0. The molecule has 0 bridgehead atoms. The van der Waals surface area contributed by atoms with E-state index < -0.39 is 16.0 Å². The summed E-state index contributed by atoms with van der Waals surface area (Å²) < 4.78 is 37.9. The van der Waals surface area contributed by atoms with Gasteiger partial charge in [0.1, 0.15) is 5.75 Å². The Bertz CT molecular complexity index is 1110. The van der Waals surface area contributed by atoms with E-state index in [9.17, 15) is 18.0 Å². The number of rotatable bonds is 8. The number of hydrogen-bond acceptors (Lipinski definition) is 6. The fraction of sp³-hybridized carbons (Fsp3) is 0.417. The first-order chi connectivity index (χ1) is 15.7. The Morgan fingerprint density at radius 3 is 2.30 bits per heavy atom. The predicted octanol–water partition coefficient (Wildman–Crippen LogP) is 2.46. The Labute approximate surface area is 195 Å². The van der Waals surface area contributed by atoms with Crippen molar-refractivity contribution >= 4 is 21.9 Å². The number of benzene rings is 2. The van der Waals surface area contributed by atoms with Gasteiger partial charge in [-0.25, -0.2) is 8.42 Å². The summed E-state index contributed by atoms with van der Waals surface area (Å²) in [5, 5.41) is 0. The molecule has 178 valence electrons. The molecule has 0 radical (unpaired) electrons. The molecule has 0 atom stereocenters. The molecule has 0 aliphatic carbocycles. The Balaban J connectivity index is 1.42. The molecule has 8 nitrogen and oxygen atoms in total. The van der Waals surface area contributed by atoms with Crippen LogP contribution in [0.4, 0.5) is 0 Å². The van der Waals surface area contributed by atoms with Crippen molar-refractivity contribution in [3.8, 4) is 5.75 Å². The molecule has 2 aromatic carbocycles. The second-order valence-electron chi connectivity index (χ2n) is 8.13. The van der Waals surface area contributed by atoms with Crippen LogP contribution in [-0.4, -0.2) is 68.9 Å². The summed E-state index contributed by atoms with van der Waals surface area (Å²) in [6.07, 6.45) is 0.0309. The van der Waals surface area contributed by atoms with E-state index in [4.69, 9.17) is 9.47 Å². The Kier molecular flexibility index (Phi) is 8.10. The van der Waals surface area contributed by atoms with Gasteiger partial charge < -0.3 is 14.4 Å². The van der Waals surface area contributed by atoms with E-state index >= 15 is 0 Å². The molecule has 1 fully saturated rings. The van der Waals surface area contributed by atoms with Crippen LogP contribution in [0.15, 0.2) is 47.4 Å². The Hall–Kier alpha value is -2.91. The number of carbonyl (C=O) groups excluding carboxylic acids is 2. The highest BCUT2D eigenvalue weighted by molar-refractivity contribution is 7.89. The molecule has 0 unspecified atom stereocenters. The first kappa shape index (κ1) is 24.7. The molecule has 1 amide bonds. The third-order valence-electron chi connectivity index (χ3n) is 5.46. The fourth-order valence-corrected chi connectivity index (χ4v) is 5.30. The molecule has 1 aliphatic rings. The molecule has 0 aromatic heterocycles.